The highest BCUT2D eigenvalue weighted by Gasteiger charge is 2.13. The lowest BCUT2D eigenvalue weighted by Crippen LogP contribution is -2.05. The molecule has 0 saturated heterocycles. The molecule has 0 aliphatic heterocycles. The van der Waals surface area contributed by atoms with Crippen molar-refractivity contribution in [2.45, 2.75) is 6.54 Å². The monoisotopic (exact) mass is 315 g/mol. The van der Waals surface area contributed by atoms with Crippen molar-refractivity contribution in [1.82, 2.24) is 0 Å². The SMILES string of the molecule is COC(=O)c1sccc1NCc1ccc(Cl)c(Cl)c1. The first-order valence-corrected chi connectivity index (χ1v) is 7.09. The van der Waals surface area contributed by atoms with Gasteiger partial charge in [-0.05, 0) is 29.1 Å². The van der Waals surface area contributed by atoms with Crippen LogP contribution in [-0.4, -0.2) is 13.1 Å². The van der Waals surface area contributed by atoms with Gasteiger partial charge in [-0.15, -0.1) is 11.3 Å². The number of methoxy groups -OCH3 is 1. The van der Waals surface area contributed by atoms with Crippen LogP contribution in [0.5, 0.6) is 0 Å². The number of ether oxygens (including phenoxy) is 1. The first-order valence-electron chi connectivity index (χ1n) is 5.45. The molecule has 1 aromatic carbocycles. The van der Waals surface area contributed by atoms with E-state index in [9.17, 15) is 4.79 Å². The van der Waals surface area contributed by atoms with E-state index in [4.69, 9.17) is 27.9 Å². The molecule has 0 spiro atoms. The van der Waals surface area contributed by atoms with Crippen LogP contribution in [0.3, 0.4) is 0 Å². The van der Waals surface area contributed by atoms with Crippen LogP contribution in [-0.2, 0) is 11.3 Å². The zero-order valence-corrected chi connectivity index (χ0v) is 12.4. The molecule has 19 heavy (non-hydrogen) atoms. The summed E-state index contributed by atoms with van der Waals surface area (Å²) < 4.78 is 4.72. The Bertz CT molecular complexity index is 598. The van der Waals surface area contributed by atoms with E-state index in [1.807, 2.05) is 17.5 Å². The molecular weight excluding hydrogens is 305 g/mol. The van der Waals surface area contributed by atoms with E-state index in [1.54, 1.807) is 12.1 Å². The number of carbonyl (C=O) groups excluding carboxylic acids is 1. The van der Waals surface area contributed by atoms with Crippen molar-refractivity contribution in [3.63, 3.8) is 0 Å². The number of anilines is 1. The van der Waals surface area contributed by atoms with E-state index in [1.165, 1.54) is 18.4 Å². The van der Waals surface area contributed by atoms with Gasteiger partial charge in [-0.1, -0.05) is 29.3 Å². The Morgan fingerprint density at radius 2 is 2.11 bits per heavy atom. The summed E-state index contributed by atoms with van der Waals surface area (Å²) in [4.78, 5) is 12.1. The number of hydrogen-bond donors (Lipinski definition) is 1. The van der Waals surface area contributed by atoms with E-state index in [-0.39, 0.29) is 5.97 Å². The summed E-state index contributed by atoms with van der Waals surface area (Å²) in [5.74, 6) is -0.341. The van der Waals surface area contributed by atoms with Gasteiger partial charge in [0.25, 0.3) is 0 Å². The van der Waals surface area contributed by atoms with Crippen molar-refractivity contribution in [2.75, 3.05) is 12.4 Å². The molecule has 100 valence electrons. The molecule has 1 heterocycles. The van der Waals surface area contributed by atoms with E-state index < -0.39 is 0 Å². The van der Waals surface area contributed by atoms with Crippen LogP contribution < -0.4 is 5.32 Å². The van der Waals surface area contributed by atoms with Crippen LogP contribution in [0, 0.1) is 0 Å². The third kappa shape index (κ3) is 3.41. The Morgan fingerprint density at radius 3 is 2.79 bits per heavy atom. The molecule has 0 saturated carbocycles. The second-order valence-corrected chi connectivity index (χ2v) is 5.49. The third-order valence-corrected chi connectivity index (χ3v) is 4.14. The minimum Gasteiger partial charge on any atom is -0.465 e. The van der Waals surface area contributed by atoms with Crippen LogP contribution in [0.2, 0.25) is 10.0 Å². The van der Waals surface area contributed by atoms with E-state index in [2.05, 4.69) is 5.32 Å². The zero-order chi connectivity index (χ0) is 13.8. The normalized spacial score (nSPS) is 10.3. The standard InChI is InChI=1S/C13H11Cl2NO2S/c1-18-13(17)12-11(4-5-19-12)16-7-8-2-3-9(14)10(15)6-8/h2-6,16H,7H2,1H3. The lowest BCUT2D eigenvalue weighted by molar-refractivity contribution is 0.0607. The fourth-order valence-corrected chi connectivity index (χ4v) is 2.65. The highest BCUT2D eigenvalue weighted by atomic mass is 35.5. The van der Waals surface area contributed by atoms with Gasteiger partial charge in [0.05, 0.1) is 22.8 Å². The maximum absolute atomic E-state index is 11.5. The predicted octanol–water partition coefficient (Wildman–Crippen LogP) is 4.45. The van der Waals surface area contributed by atoms with Gasteiger partial charge in [-0.2, -0.15) is 0 Å². The molecule has 0 unspecified atom stereocenters. The number of thiophene rings is 1. The van der Waals surface area contributed by atoms with Crippen LogP contribution in [0.1, 0.15) is 15.2 Å². The van der Waals surface area contributed by atoms with E-state index in [0.717, 1.165) is 11.3 Å². The van der Waals surface area contributed by atoms with Crippen LogP contribution >= 0.6 is 34.5 Å². The Morgan fingerprint density at radius 1 is 1.32 bits per heavy atom. The maximum Gasteiger partial charge on any atom is 0.350 e. The third-order valence-electron chi connectivity index (χ3n) is 2.50. The smallest absolute Gasteiger partial charge is 0.350 e. The molecule has 0 aliphatic rings. The van der Waals surface area contributed by atoms with Gasteiger partial charge in [0, 0.05) is 6.54 Å². The lowest BCUT2D eigenvalue weighted by atomic mass is 10.2. The van der Waals surface area contributed by atoms with Crippen LogP contribution in [0.15, 0.2) is 29.6 Å². The van der Waals surface area contributed by atoms with Gasteiger partial charge < -0.3 is 10.1 Å². The first kappa shape index (κ1) is 14.2. The van der Waals surface area contributed by atoms with Gasteiger partial charge in [0.15, 0.2) is 0 Å². The molecular formula is C13H11Cl2NO2S. The summed E-state index contributed by atoms with van der Waals surface area (Å²) in [5, 5.41) is 6.05. The molecule has 0 bridgehead atoms. The average Bonchev–Trinajstić information content (AvgIpc) is 2.87. The Balaban J connectivity index is 2.08. The van der Waals surface area contributed by atoms with Gasteiger partial charge >= 0.3 is 5.97 Å². The molecule has 0 aliphatic carbocycles. The molecule has 6 heteroatoms. The van der Waals surface area contributed by atoms with Crippen LogP contribution in [0.25, 0.3) is 0 Å². The number of benzene rings is 1. The second kappa shape index (κ2) is 6.28. The van der Waals surface area contributed by atoms with Crippen molar-refractivity contribution in [1.29, 1.82) is 0 Å². The van der Waals surface area contributed by atoms with E-state index in [0.29, 0.717) is 21.5 Å². The number of carbonyl (C=O) groups is 1. The van der Waals surface area contributed by atoms with Crippen molar-refractivity contribution < 1.29 is 9.53 Å². The molecule has 1 aromatic heterocycles. The fourth-order valence-electron chi connectivity index (χ4n) is 1.55. The summed E-state index contributed by atoms with van der Waals surface area (Å²) in [7, 11) is 1.37. The van der Waals surface area contributed by atoms with Gasteiger partial charge in [-0.3, -0.25) is 0 Å². The van der Waals surface area contributed by atoms with Crippen molar-refractivity contribution in [3.8, 4) is 0 Å². The largest absolute Gasteiger partial charge is 0.465 e. The number of halogens is 2. The molecule has 1 N–H and O–H groups in total. The Labute approximate surface area is 125 Å². The van der Waals surface area contributed by atoms with E-state index >= 15 is 0 Å². The highest BCUT2D eigenvalue weighted by molar-refractivity contribution is 7.12. The zero-order valence-electron chi connectivity index (χ0n) is 10.1. The minimum atomic E-state index is -0.341. The van der Waals surface area contributed by atoms with Crippen molar-refractivity contribution in [2.24, 2.45) is 0 Å². The second-order valence-electron chi connectivity index (χ2n) is 3.76. The van der Waals surface area contributed by atoms with Gasteiger partial charge in [0.1, 0.15) is 4.88 Å². The first-order chi connectivity index (χ1) is 9.11. The maximum atomic E-state index is 11.5. The average molecular weight is 316 g/mol. The highest BCUT2D eigenvalue weighted by Crippen LogP contribution is 2.25. The molecule has 0 amide bonds. The summed E-state index contributed by atoms with van der Waals surface area (Å²) in [6.07, 6.45) is 0. The Kier molecular flexibility index (Phi) is 4.69. The molecule has 0 atom stereocenters. The number of rotatable bonds is 4. The summed E-state index contributed by atoms with van der Waals surface area (Å²) in [5.41, 5.74) is 1.74. The summed E-state index contributed by atoms with van der Waals surface area (Å²) in [6.45, 7) is 0.553. The minimum absolute atomic E-state index is 0.341. The van der Waals surface area contributed by atoms with Crippen LogP contribution in [0.4, 0.5) is 5.69 Å². The number of hydrogen-bond acceptors (Lipinski definition) is 4. The predicted molar refractivity (Wildman–Crippen MR) is 79.4 cm³/mol. The summed E-state index contributed by atoms with van der Waals surface area (Å²) in [6, 6.07) is 7.26. The molecule has 2 rings (SSSR count). The van der Waals surface area contributed by atoms with Gasteiger partial charge in [0.2, 0.25) is 0 Å². The topological polar surface area (TPSA) is 38.3 Å². The molecule has 0 radical (unpaired) electrons. The number of nitrogens with one attached hydrogen (secondary N) is 1. The lowest BCUT2D eigenvalue weighted by Gasteiger charge is -2.07. The van der Waals surface area contributed by atoms with Gasteiger partial charge in [-0.25, -0.2) is 4.79 Å². The number of esters is 1. The van der Waals surface area contributed by atoms with Crippen molar-refractivity contribution >= 4 is 46.2 Å². The quantitative estimate of drug-likeness (QED) is 0.847. The molecule has 2 aromatic rings. The summed E-state index contributed by atoms with van der Waals surface area (Å²) >= 11 is 13.1. The Hall–Kier alpha value is -1.23. The molecule has 3 nitrogen and oxygen atoms in total. The molecule has 0 fully saturated rings. The van der Waals surface area contributed by atoms with Crippen molar-refractivity contribution in [3.05, 3.63) is 50.1 Å². The fraction of sp³-hybridized carbons (Fsp3) is 0.154.